The van der Waals surface area contributed by atoms with Gasteiger partial charge in [-0.3, -0.25) is 0 Å². The first-order valence-electron chi connectivity index (χ1n) is 5.48. The van der Waals surface area contributed by atoms with Crippen molar-refractivity contribution >= 4 is 0 Å². The van der Waals surface area contributed by atoms with Crippen LogP contribution in [0.2, 0.25) is 0 Å². The maximum Gasteiger partial charge on any atom is 0.0518 e. The van der Waals surface area contributed by atoms with Crippen LogP contribution in [-0.4, -0.2) is 37.7 Å². The molecule has 13 heavy (non-hydrogen) atoms. The molecular weight excluding hydrogens is 162 g/mol. The predicted molar refractivity (Wildman–Crippen MR) is 55.9 cm³/mol. The molecule has 1 aliphatic rings. The van der Waals surface area contributed by atoms with Crippen LogP contribution in [0.4, 0.5) is 0 Å². The van der Waals surface area contributed by atoms with E-state index in [1.807, 2.05) is 0 Å². The molecule has 2 heteroatoms. The van der Waals surface area contributed by atoms with Gasteiger partial charge in [-0.2, -0.15) is 0 Å². The van der Waals surface area contributed by atoms with Gasteiger partial charge < -0.3 is 9.64 Å². The first-order chi connectivity index (χ1) is 6.18. The lowest BCUT2D eigenvalue weighted by Gasteiger charge is -2.29. The van der Waals surface area contributed by atoms with Gasteiger partial charge in [-0.15, -0.1) is 0 Å². The molecule has 1 fully saturated rings. The molecule has 0 radical (unpaired) electrons. The summed E-state index contributed by atoms with van der Waals surface area (Å²) >= 11 is 0. The lowest BCUT2D eigenvalue weighted by Crippen LogP contribution is -2.32. The molecular formula is C11H23NO. The Labute approximate surface area is 82.3 Å². The van der Waals surface area contributed by atoms with Gasteiger partial charge in [0.2, 0.25) is 0 Å². The van der Waals surface area contributed by atoms with E-state index < -0.39 is 0 Å². The molecule has 0 aromatic heterocycles. The average Bonchev–Trinajstić information content (AvgIpc) is 2.03. The Morgan fingerprint density at radius 1 is 1.46 bits per heavy atom. The second-order valence-electron chi connectivity index (χ2n) is 4.48. The fourth-order valence-electron chi connectivity index (χ4n) is 1.98. The third kappa shape index (κ3) is 4.63. The lowest BCUT2D eigenvalue weighted by atomic mass is 9.96. The van der Waals surface area contributed by atoms with Gasteiger partial charge in [0.05, 0.1) is 6.10 Å². The van der Waals surface area contributed by atoms with E-state index in [1.165, 1.54) is 32.4 Å². The van der Waals surface area contributed by atoms with E-state index in [0.717, 1.165) is 12.5 Å². The number of likely N-dealkylation sites (tertiary alicyclic amines) is 1. The summed E-state index contributed by atoms with van der Waals surface area (Å²) in [5.74, 6) is 0.873. The molecule has 0 aliphatic carbocycles. The Kier molecular flexibility index (Phi) is 4.74. The van der Waals surface area contributed by atoms with Crippen LogP contribution in [-0.2, 0) is 4.74 Å². The molecule has 0 bridgehead atoms. The van der Waals surface area contributed by atoms with Crippen LogP contribution in [0.5, 0.6) is 0 Å². The van der Waals surface area contributed by atoms with E-state index in [1.54, 1.807) is 0 Å². The fraction of sp³-hybridized carbons (Fsp3) is 1.00. The van der Waals surface area contributed by atoms with Gasteiger partial charge in [-0.25, -0.2) is 0 Å². The minimum Gasteiger partial charge on any atom is -0.379 e. The van der Waals surface area contributed by atoms with Crippen molar-refractivity contribution in [2.24, 2.45) is 5.92 Å². The van der Waals surface area contributed by atoms with Crippen molar-refractivity contribution in [3.63, 3.8) is 0 Å². The van der Waals surface area contributed by atoms with Crippen molar-refractivity contribution in [1.29, 1.82) is 0 Å². The van der Waals surface area contributed by atoms with Crippen molar-refractivity contribution in [3.05, 3.63) is 0 Å². The van der Waals surface area contributed by atoms with Crippen LogP contribution in [0, 0.1) is 5.92 Å². The van der Waals surface area contributed by atoms with Gasteiger partial charge in [0.1, 0.15) is 0 Å². The largest absolute Gasteiger partial charge is 0.379 e. The second-order valence-corrected chi connectivity index (χ2v) is 4.48. The highest BCUT2D eigenvalue weighted by molar-refractivity contribution is 4.70. The molecule has 78 valence electrons. The summed E-state index contributed by atoms with van der Waals surface area (Å²) in [5, 5.41) is 0. The summed E-state index contributed by atoms with van der Waals surface area (Å²) in [5.41, 5.74) is 0. The van der Waals surface area contributed by atoms with Crippen LogP contribution in [0.1, 0.15) is 33.1 Å². The van der Waals surface area contributed by atoms with Crippen molar-refractivity contribution < 1.29 is 4.74 Å². The maximum absolute atomic E-state index is 5.56. The predicted octanol–water partition coefficient (Wildman–Crippen LogP) is 2.14. The SMILES string of the molecule is CC(C)OCCC1CCCN(C)C1. The summed E-state index contributed by atoms with van der Waals surface area (Å²) in [6.45, 7) is 7.69. The van der Waals surface area contributed by atoms with Gasteiger partial charge >= 0.3 is 0 Å². The number of hydrogen-bond donors (Lipinski definition) is 0. The van der Waals surface area contributed by atoms with Crippen LogP contribution in [0.3, 0.4) is 0 Å². The highest BCUT2D eigenvalue weighted by Crippen LogP contribution is 2.18. The van der Waals surface area contributed by atoms with Crippen LogP contribution >= 0.6 is 0 Å². The molecule has 1 rings (SSSR count). The number of rotatable bonds is 4. The Hall–Kier alpha value is -0.0800. The molecule has 0 spiro atoms. The Balaban J connectivity index is 2.06. The van der Waals surface area contributed by atoms with Crippen LogP contribution < -0.4 is 0 Å². The van der Waals surface area contributed by atoms with Crippen molar-refractivity contribution in [2.45, 2.75) is 39.2 Å². The molecule has 0 aromatic carbocycles. The quantitative estimate of drug-likeness (QED) is 0.665. The number of hydrogen-bond acceptors (Lipinski definition) is 2. The Bertz CT molecular complexity index is 136. The molecule has 1 heterocycles. The molecule has 1 aliphatic heterocycles. The van der Waals surface area contributed by atoms with Crippen molar-refractivity contribution in [1.82, 2.24) is 4.90 Å². The van der Waals surface area contributed by atoms with Crippen LogP contribution in [0.15, 0.2) is 0 Å². The zero-order chi connectivity index (χ0) is 9.68. The van der Waals surface area contributed by atoms with Crippen molar-refractivity contribution in [3.8, 4) is 0 Å². The standard InChI is InChI=1S/C11H23NO/c1-10(2)13-8-6-11-5-4-7-12(3)9-11/h10-11H,4-9H2,1-3H3. The fourth-order valence-corrected chi connectivity index (χ4v) is 1.98. The Morgan fingerprint density at radius 3 is 2.85 bits per heavy atom. The van der Waals surface area contributed by atoms with Gasteiger partial charge in [0, 0.05) is 13.2 Å². The topological polar surface area (TPSA) is 12.5 Å². The van der Waals surface area contributed by atoms with E-state index in [-0.39, 0.29) is 0 Å². The number of ether oxygens (including phenoxy) is 1. The van der Waals surface area contributed by atoms with Crippen LogP contribution in [0.25, 0.3) is 0 Å². The molecule has 0 amide bonds. The average molecular weight is 185 g/mol. The number of piperidine rings is 1. The summed E-state index contributed by atoms with van der Waals surface area (Å²) in [4.78, 5) is 2.43. The molecule has 0 aromatic rings. The summed E-state index contributed by atoms with van der Waals surface area (Å²) in [6.07, 6.45) is 4.39. The molecule has 1 saturated heterocycles. The van der Waals surface area contributed by atoms with Gasteiger partial charge in [0.25, 0.3) is 0 Å². The maximum atomic E-state index is 5.56. The second kappa shape index (κ2) is 5.61. The van der Waals surface area contributed by atoms with E-state index in [9.17, 15) is 0 Å². The first-order valence-corrected chi connectivity index (χ1v) is 5.48. The zero-order valence-corrected chi connectivity index (χ0v) is 9.25. The Morgan fingerprint density at radius 2 is 2.23 bits per heavy atom. The monoisotopic (exact) mass is 185 g/mol. The highest BCUT2D eigenvalue weighted by atomic mass is 16.5. The molecule has 0 N–H and O–H groups in total. The molecule has 1 unspecified atom stereocenters. The van der Waals surface area contributed by atoms with E-state index >= 15 is 0 Å². The minimum absolute atomic E-state index is 0.390. The third-order valence-electron chi connectivity index (χ3n) is 2.70. The molecule has 1 atom stereocenters. The van der Waals surface area contributed by atoms with E-state index in [0.29, 0.717) is 6.10 Å². The first kappa shape index (κ1) is 11.0. The molecule has 0 saturated carbocycles. The normalized spacial score (nSPS) is 25.4. The van der Waals surface area contributed by atoms with Gasteiger partial charge in [-0.05, 0) is 52.6 Å². The molecule has 2 nitrogen and oxygen atoms in total. The summed E-state index contributed by atoms with van der Waals surface area (Å²) < 4.78 is 5.56. The van der Waals surface area contributed by atoms with Gasteiger partial charge in [-0.1, -0.05) is 0 Å². The smallest absolute Gasteiger partial charge is 0.0518 e. The zero-order valence-electron chi connectivity index (χ0n) is 9.25. The lowest BCUT2D eigenvalue weighted by molar-refractivity contribution is 0.0595. The third-order valence-corrected chi connectivity index (χ3v) is 2.70. The summed E-state index contributed by atoms with van der Waals surface area (Å²) in [6, 6.07) is 0. The highest BCUT2D eigenvalue weighted by Gasteiger charge is 2.16. The van der Waals surface area contributed by atoms with Crippen molar-refractivity contribution in [2.75, 3.05) is 26.7 Å². The van der Waals surface area contributed by atoms with E-state index in [2.05, 4.69) is 25.8 Å². The summed E-state index contributed by atoms with van der Waals surface area (Å²) in [7, 11) is 2.22. The number of nitrogens with zero attached hydrogens (tertiary/aromatic N) is 1. The van der Waals surface area contributed by atoms with E-state index in [4.69, 9.17) is 4.74 Å². The van der Waals surface area contributed by atoms with Gasteiger partial charge in [0.15, 0.2) is 0 Å². The minimum atomic E-state index is 0.390.